The number of nitrogens with one attached hydrogen (secondary N) is 1. The Kier molecular flexibility index (Phi) is 6.64. The summed E-state index contributed by atoms with van der Waals surface area (Å²) in [5.41, 5.74) is 1.29. The second kappa shape index (κ2) is 8.98. The number of benzene rings is 1. The van der Waals surface area contributed by atoms with Gasteiger partial charge in [-0.3, -0.25) is 14.5 Å². The van der Waals surface area contributed by atoms with Gasteiger partial charge < -0.3 is 5.32 Å². The second-order valence-electron chi connectivity index (χ2n) is 7.38. The zero-order chi connectivity index (χ0) is 20.1. The summed E-state index contributed by atoms with van der Waals surface area (Å²) in [5.74, 6) is -0.261. The van der Waals surface area contributed by atoms with Gasteiger partial charge in [-0.1, -0.05) is 30.3 Å². The average Bonchev–Trinajstić information content (AvgIpc) is 2.67. The highest BCUT2D eigenvalue weighted by Gasteiger charge is 2.31. The van der Waals surface area contributed by atoms with Crippen LogP contribution in [0.25, 0.3) is 0 Å². The van der Waals surface area contributed by atoms with E-state index in [4.69, 9.17) is 0 Å². The van der Waals surface area contributed by atoms with Gasteiger partial charge in [0.2, 0.25) is 10.0 Å². The van der Waals surface area contributed by atoms with Crippen molar-refractivity contribution in [3.63, 3.8) is 0 Å². The molecule has 3 rings (SSSR count). The number of ketones is 2. The van der Waals surface area contributed by atoms with Crippen LogP contribution in [0.15, 0.2) is 42.1 Å². The molecule has 152 valence electrons. The predicted molar refractivity (Wildman–Crippen MR) is 107 cm³/mol. The van der Waals surface area contributed by atoms with E-state index in [-0.39, 0.29) is 23.1 Å². The largest absolute Gasteiger partial charge is 0.389 e. The van der Waals surface area contributed by atoms with Crippen LogP contribution in [-0.2, 0) is 19.6 Å². The number of hydrogen-bond acceptors (Lipinski definition) is 6. The lowest BCUT2D eigenvalue weighted by Crippen LogP contribution is -2.49. The lowest BCUT2D eigenvalue weighted by molar-refractivity contribution is -0.124. The highest BCUT2D eigenvalue weighted by molar-refractivity contribution is 7.88. The van der Waals surface area contributed by atoms with Crippen LogP contribution >= 0.6 is 0 Å². The van der Waals surface area contributed by atoms with E-state index in [2.05, 4.69) is 10.2 Å². The number of Topliss-reactive ketones (excluding diaryl/α,β-unsaturated/α-hetero) is 2. The van der Waals surface area contributed by atoms with Crippen molar-refractivity contribution in [3.05, 3.63) is 47.7 Å². The van der Waals surface area contributed by atoms with Gasteiger partial charge in [-0.15, -0.1) is 0 Å². The highest BCUT2D eigenvalue weighted by atomic mass is 32.2. The van der Waals surface area contributed by atoms with E-state index in [0.717, 1.165) is 12.1 Å². The maximum absolute atomic E-state index is 12.4. The Bertz CT molecular complexity index is 823. The van der Waals surface area contributed by atoms with Crippen molar-refractivity contribution in [2.24, 2.45) is 0 Å². The Morgan fingerprint density at radius 3 is 2.21 bits per heavy atom. The molecule has 0 unspecified atom stereocenters. The van der Waals surface area contributed by atoms with E-state index in [1.165, 1.54) is 10.6 Å². The molecule has 2 fully saturated rings. The van der Waals surface area contributed by atoms with Gasteiger partial charge in [0, 0.05) is 58.3 Å². The van der Waals surface area contributed by atoms with E-state index in [9.17, 15) is 18.0 Å². The van der Waals surface area contributed by atoms with E-state index in [1.807, 2.05) is 30.3 Å². The molecule has 1 aromatic carbocycles. The third-order valence-electron chi connectivity index (χ3n) is 5.35. The molecule has 1 aliphatic heterocycles. The van der Waals surface area contributed by atoms with E-state index in [1.54, 1.807) is 6.20 Å². The Balaban J connectivity index is 1.45. The second-order valence-corrected chi connectivity index (χ2v) is 9.36. The molecule has 1 heterocycles. The first kappa shape index (κ1) is 20.7. The molecule has 8 heteroatoms. The smallest absolute Gasteiger partial charge is 0.211 e. The molecule has 28 heavy (non-hydrogen) atoms. The number of carbonyl (C=O) groups excluding carboxylic acids is 2. The van der Waals surface area contributed by atoms with Gasteiger partial charge in [-0.05, 0) is 11.5 Å². The number of hydrogen-bond donors (Lipinski definition) is 1. The molecule has 1 aliphatic carbocycles. The van der Waals surface area contributed by atoms with Crippen LogP contribution in [0.5, 0.6) is 0 Å². The maximum Gasteiger partial charge on any atom is 0.211 e. The fourth-order valence-electron chi connectivity index (χ4n) is 3.70. The number of allylic oxidation sites excluding steroid dienone is 1. The van der Waals surface area contributed by atoms with Crippen LogP contribution in [0.1, 0.15) is 24.3 Å². The van der Waals surface area contributed by atoms with Crippen molar-refractivity contribution in [2.45, 2.75) is 18.8 Å². The minimum atomic E-state index is -3.12. The van der Waals surface area contributed by atoms with Gasteiger partial charge in [-0.25, -0.2) is 8.42 Å². The van der Waals surface area contributed by atoms with Gasteiger partial charge in [-0.2, -0.15) is 4.31 Å². The summed E-state index contributed by atoms with van der Waals surface area (Å²) in [5, 5.41) is 3.08. The monoisotopic (exact) mass is 405 g/mol. The summed E-state index contributed by atoms with van der Waals surface area (Å²) in [4.78, 5) is 27.0. The Hall–Kier alpha value is -2.03. The maximum atomic E-state index is 12.4. The van der Waals surface area contributed by atoms with Crippen molar-refractivity contribution in [1.29, 1.82) is 0 Å². The summed E-state index contributed by atoms with van der Waals surface area (Å²) >= 11 is 0. The van der Waals surface area contributed by atoms with Gasteiger partial charge in [0.1, 0.15) is 0 Å². The first-order chi connectivity index (χ1) is 13.3. The molecule has 0 atom stereocenters. The Labute approximate surface area is 166 Å². The molecule has 0 amide bonds. The van der Waals surface area contributed by atoms with Crippen LogP contribution < -0.4 is 5.32 Å². The topological polar surface area (TPSA) is 86.8 Å². The molecule has 0 spiro atoms. The quantitative estimate of drug-likeness (QED) is 0.427. The van der Waals surface area contributed by atoms with Crippen LogP contribution in [0.2, 0.25) is 0 Å². The highest BCUT2D eigenvalue weighted by Crippen LogP contribution is 2.31. The molecule has 1 N–H and O–H groups in total. The number of sulfonamides is 1. The van der Waals surface area contributed by atoms with Crippen LogP contribution in [-0.4, -0.2) is 74.7 Å². The van der Waals surface area contributed by atoms with Gasteiger partial charge in [0.05, 0.1) is 11.8 Å². The molecule has 1 aromatic rings. The van der Waals surface area contributed by atoms with Gasteiger partial charge in [0.15, 0.2) is 11.6 Å². The average molecular weight is 406 g/mol. The summed E-state index contributed by atoms with van der Waals surface area (Å²) in [7, 11) is -3.12. The molecule has 7 nitrogen and oxygen atoms in total. The standard InChI is InChI=1S/C20H27N3O4S/c1-28(26,27)23-11-9-22(10-12-23)8-7-21-15-18-19(24)13-17(14-20(18)25)16-5-3-2-4-6-16/h2-6,15,17,21H,7-14H2,1H3. The minimum Gasteiger partial charge on any atom is -0.389 e. The van der Waals surface area contributed by atoms with E-state index in [0.29, 0.717) is 45.6 Å². The fraction of sp³-hybridized carbons (Fsp3) is 0.500. The summed E-state index contributed by atoms with van der Waals surface area (Å²) < 4.78 is 24.5. The molecule has 0 aromatic heterocycles. The third kappa shape index (κ3) is 5.27. The first-order valence-electron chi connectivity index (χ1n) is 9.57. The van der Waals surface area contributed by atoms with Crippen LogP contribution in [0, 0.1) is 0 Å². The van der Waals surface area contributed by atoms with Gasteiger partial charge in [0.25, 0.3) is 0 Å². The normalized spacial score (nSPS) is 22.3. The van der Waals surface area contributed by atoms with Crippen molar-refractivity contribution in [1.82, 2.24) is 14.5 Å². The first-order valence-corrected chi connectivity index (χ1v) is 11.4. The van der Waals surface area contributed by atoms with E-state index >= 15 is 0 Å². The molecular weight excluding hydrogens is 378 g/mol. The zero-order valence-corrected chi connectivity index (χ0v) is 17.0. The number of nitrogens with zero attached hydrogens (tertiary/aromatic N) is 2. The number of carbonyl (C=O) groups is 2. The van der Waals surface area contributed by atoms with Crippen molar-refractivity contribution >= 4 is 21.6 Å². The number of rotatable bonds is 6. The third-order valence-corrected chi connectivity index (χ3v) is 6.66. The van der Waals surface area contributed by atoms with Crippen molar-refractivity contribution < 1.29 is 18.0 Å². The summed E-state index contributed by atoms with van der Waals surface area (Å²) in [6.45, 7) is 3.70. The minimum absolute atomic E-state index is 0.0375. The Morgan fingerprint density at radius 1 is 1.04 bits per heavy atom. The zero-order valence-electron chi connectivity index (χ0n) is 16.1. The summed E-state index contributed by atoms with van der Waals surface area (Å²) in [6, 6.07) is 9.69. The van der Waals surface area contributed by atoms with Crippen LogP contribution in [0.4, 0.5) is 0 Å². The van der Waals surface area contributed by atoms with E-state index < -0.39 is 10.0 Å². The SMILES string of the molecule is CS(=O)(=O)N1CCN(CCNC=C2C(=O)CC(c3ccccc3)CC2=O)CC1. The van der Waals surface area contributed by atoms with Crippen molar-refractivity contribution in [3.8, 4) is 0 Å². The summed E-state index contributed by atoms with van der Waals surface area (Å²) in [6.07, 6.45) is 3.50. The predicted octanol–water partition coefficient (Wildman–Crippen LogP) is 0.753. The molecular formula is C20H27N3O4S. The number of piperazine rings is 1. The molecule has 2 aliphatic rings. The Morgan fingerprint density at radius 2 is 1.64 bits per heavy atom. The van der Waals surface area contributed by atoms with Gasteiger partial charge >= 0.3 is 0 Å². The molecule has 1 saturated carbocycles. The molecule has 0 radical (unpaired) electrons. The molecule has 1 saturated heterocycles. The molecule has 0 bridgehead atoms. The lowest BCUT2D eigenvalue weighted by Gasteiger charge is -2.33. The fourth-order valence-corrected chi connectivity index (χ4v) is 4.53. The van der Waals surface area contributed by atoms with Crippen LogP contribution in [0.3, 0.4) is 0 Å². The lowest BCUT2D eigenvalue weighted by atomic mass is 9.80. The van der Waals surface area contributed by atoms with Crippen molar-refractivity contribution in [2.75, 3.05) is 45.5 Å².